The Bertz CT molecular complexity index is 570. The molecule has 5 atom stereocenters. The van der Waals surface area contributed by atoms with Gasteiger partial charge in [-0.3, -0.25) is 4.79 Å². The van der Waals surface area contributed by atoms with Crippen molar-refractivity contribution in [1.29, 1.82) is 0 Å². The van der Waals surface area contributed by atoms with Gasteiger partial charge in [-0.2, -0.15) is 0 Å². The highest BCUT2D eigenvalue weighted by atomic mass is 16.4. The molecule has 0 aromatic rings. The average Bonchev–Trinajstić information content (AvgIpc) is 2.50. The quantitative estimate of drug-likeness (QED) is 0.735. The van der Waals surface area contributed by atoms with Crippen LogP contribution in [0.2, 0.25) is 0 Å². The van der Waals surface area contributed by atoms with Gasteiger partial charge in [-0.25, -0.2) is 0 Å². The van der Waals surface area contributed by atoms with Crippen molar-refractivity contribution in [2.45, 2.75) is 66.7 Å². The fourth-order valence-corrected chi connectivity index (χ4v) is 5.83. The maximum Gasteiger partial charge on any atom is 0.309 e. The molecule has 1 N–H and O–H groups in total. The summed E-state index contributed by atoms with van der Waals surface area (Å²) in [7, 11) is 0. The van der Waals surface area contributed by atoms with E-state index in [9.17, 15) is 9.90 Å². The molecule has 3 rings (SSSR count). The van der Waals surface area contributed by atoms with Gasteiger partial charge in [0.05, 0.1) is 5.41 Å². The van der Waals surface area contributed by atoms with E-state index >= 15 is 0 Å². The Hall–Kier alpha value is -1.05. The monoisotopic (exact) mass is 316 g/mol. The van der Waals surface area contributed by atoms with Crippen LogP contribution in [0.1, 0.15) is 66.7 Å². The highest BCUT2D eigenvalue weighted by Gasteiger charge is 2.59. The molecule has 0 heterocycles. The summed E-state index contributed by atoms with van der Waals surface area (Å²) in [6.07, 6.45) is 9.99. The van der Waals surface area contributed by atoms with E-state index in [4.69, 9.17) is 0 Å². The van der Waals surface area contributed by atoms with Gasteiger partial charge in [0, 0.05) is 0 Å². The minimum absolute atomic E-state index is 0.120. The normalized spacial score (nSPS) is 43.3. The van der Waals surface area contributed by atoms with Crippen molar-refractivity contribution < 1.29 is 9.90 Å². The third kappa shape index (κ3) is 2.32. The van der Waals surface area contributed by atoms with Gasteiger partial charge < -0.3 is 5.11 Å². The van der Waals surface area contributed by atoms with Crippen LogP contribution in [0.4, 0.5) is 0 Å². The first kappa shape index (κ1) is 16.8. The van der Waals surface area contributed by atoms with E-state index in [-0.39, 0.29) is 11.3 Å². The molecular formula is C21H32O2. The van der Waals surface area contributed by atoms with Crippen molar-refractivity contribution in [3.63, 3.8) is 0 Å². The van der Waals surface area contributed by atoms with Gasteiger partial charge in [0.1, 0.15) is 0 Å². The Morgan fingerprint density at radius 1 is 1.30 bits per heavy atom. The number of hydrogen-bond acceptors (Lipinski definition) is 1. The van der Waals surface area contributed by atoms with Crippen LogP contribution < -0.4 is 0 Å². The van der Waals surface area contributed by atoms with Crippen LogP contribution in [-0.2, 0) is 4.79 Å². The highest BCUT2D eigenvalue weighted by molar-refractivity contribution is 5.75. The van der Waals surface area contributed by atoms with Crippen molar-refractivity contribution in [3.8, 4) is 0 Å². The largest absolute Gasteiger partial charge is 0.481 e. The number of rotatable bonds is 2. The first-order chi connectivity index (χ1) is 10.7. The lowest BCUT2D eigenvalue weighted by Gasteiger charge is -2.60. The summed E-state index contributed by atoms with van der Waals surface area (Å²) in [5.41, 5.74) is 2.62. The van der Waals surface area contributed by atoms with E-state index in [0.717, 1.165) is 19.3 Å². The first-order valence-electron chi connectivity index (χ1n) is 9.35. The van der Waals surface area contributed by atoms with Gasteiger partial charge in [0.25, 0.3) is 0 Å². The van der Waals surface area contributed by atoms with Crippen molar-refractivity contribution in [2.75, 3.05) is 0 Å². The number of fused-ring (bicyclic) bond motifs is 3. The summed E-state index contributed by atoms with van der Waals surface area (Å²) in [5.74, 6) is 1.43. The lowest BCUT2D eigenvalue weighted by molar-refractivity contribution is -0.167. The highest BCUT2D eigenvalue weighted by Crippen LogP contribution is 2.64. The van der Waals surface area contributed by atoms with Gasteiger partial charge in [-0.05, 0) is 73.7 Å². The van der Waals surface area contributed by atoms with Gasteiger partial charge in [-0.1, -0.05) is 45.4 Å². The van der Waals surface area contributed by atoms with Gasteiger partial charge in [0.2, 0.25) is 0 Å². The minimum atomic E-state index is -0.591. The molecule has 3 aliphatic rings. The topological polar surface area (TPSA) is 37.3 Å². The Balaban J connectivity index is 2.05. The molecule has 0 bridgehead atoms. The molecule has 0 aliphatic heterocycles. The molecule has 0 aromatic heterocycles. The maximum absolute atomic E-state index is 12.0. The first-order valence-corrected chi connectivity index (χ1v) is 9.35. The van der Waals surface area contributed by atoms with Gasteiger partial charge in [-0.15, -0.1) is 0 Å². The van der Waals surface area contributed by atoms with E-state index in [0.29, 0.717) is 17.8 Å². The van der Waals surface area contributed by atoms with Crippen molar-refractivity contribution in [2.24, 2.45) is 34.5 Å². The van der Waals surface area contributed by atoms with Gasteiger partial charge in [0.15, 0.2) is 0 Å². The minimum Gasteiger partial charge on any atom is -0.481 e. The molecule has 0 spiro atoms. The lowest BCUT2D eigenvalue weighted by atomic mass is 9.44. The Labute approximate surface area is 141 Å². The number of carboxylic acid groups (broad SMARTS) is 1. The smallest absolute Gasteiger partial charge is 0.309 e. The summed E-state index contributed by atoms with van der Waals surface area (Å²) in [4.78, 5) is 12.0. The maximum atomic E-state index is 12.0. The van der Waals surface area contributed by atoms with Crippen LogP contribution in [0.3, 0.4) is 0 Å². The Kier molecular flexibility index (Phi) is 4.01. The van der Waals surface area contributed by atoms with Crippen molar-refractivity contribution in [1.82, 2.24) is 0 Å². The number of carbonyl (C=O) groups is 1. The van der Waals surface area contributed by atoms with Gasteiger partial charge >= 0.3 is 5.97 Å². The molecule has 1 unspecified atom stereocenters. The van der Waals surface area contributed by atoms with Crippen molar-refractivity contribution >= 4 is 5.97 Å². The Morgan fingerprint density at radius 3 is 2.61 bits per heavy atom. The molecule has 0 amide bonds. The lowest BCUT2D eigenvalue weighted by Crippen LogP contribution is -2.56. The third-order valence-corrected chi connectivity index (χ3v) is 7.72. The van der Waals surface area contributed by atoms with Crippen LogP contribution in [0, 0.1) is 34.5 Å². The van der Waals surface area contributed by atoms with E-state index in [1.165, 1.54) is 18.4 Å². The van der Waals surface area contributed by atoms with E-state index in [2.05, 4.69) is 39.8 Å². The fourth-order valence-electron chi connectivity index (χ4n) is 5.83. The fraction of sp³-hybridized carbons (Fsp3) is 0.762. The zero-order chi connectivity index (χ0) is 17.0. The van der Waals surface area contributed by atoms with Crippen molar-refractivity contribution in [3.05, 3.63) is 23.3 Å². The summed E-state index contributed by atoms with van der Waals surface area (Å²) >= 11 is 0. The van der Waals surface area contributed by atoms with Crippen LogP contribution in [-0.4, -0.2) is 11.1 Å². The van der Waals surface area contributed by atoms with E-state index in [1.807, 2.05) is 6.92 Å². The second-order valence-electron chi connectivity index (χ2n) is 8.99. The molecule has 0 aromatic carbocycles. The third-order valence-electron chi connectivity index (χ3n) is 7.72. The number of allylic oxidation sites excluding steroid dienone is 4. The molecule has 23 heavy (non-hydrogen) atoms. The standard InChI is InChI=1S/C21H32O2/c1-13(2)15-6-8-17-16(12-15)7-9-18-20(4,19(22)23)11-10-14(3)21(17,18)5/h7,12-14,17-18H,6,8-11H2,1-5H3,(H,22,23)/t14?,17-,18-,20+,21+/m0/s1. The molecule has 2 nitrogen and oxygen atoms in total. The summed E-state index contributed by atoms with van der Waals surface area (Å²) < 4.78 is 0. The van der Waals surface area contributed by atoms with Crippen LogP contribution in [0.15, 0.2) is 23.3 Å². The zero-order valence-electron chi connectivity index (χ0n) is 15.4. The second kappa shape index (κ2) is 5.50. The van der Waals surface area contributed by atoms with Crippen LogP contribution in [0.25, 0.3) is 0 Å². The second-order valence-corrected chi connectivity index (χ2v) is 8.99. The molecule has 0 saturated heterocycles. The van der Waals surface area contributed by atoms with E-state index in [1.54, 1.807) is 5.57 Å². The Morgan fingerprint density at radius 2 is 2.00 bits per heavy atom. The molecule has 128 valence electrons. The molecular weight excluding hydrogens is 284 g/mol. The summed E-state index contributed by atoms with van der Waals surface area (Å²) in [6, 6.07) is 0. The zero-order valence-corrected chi connectivity index (χ0v) is 15.4. The summed E-state index contributed by atoms with van der Waals surface area (Å²) in [5, 5.41) is 9.92. The van der Waals surface area contributed by atoms with Crippen LogP contribution >= 0.6 is 0 Å². The SMILES string of the molecule is CC(C)C1=CC2=CC[C@@H]3[C@](C)(C(C)CC[C@@]3(C)C(=O)O)[C@H]2CC1. The molecule has 0 radical (unpaired) electrons. The molecule has 1 fully saturated rings. The van der Waals surface area contributed by atoms with Crippen LogP contribution in [0.5, 0.6) is 0 Å². The predicted molar refractivity (Wildman–Crippen MR) is 94.1 cm³/mol. The molecule has 2 heteroatoms. The number of hydrogen-bond donors (Lipinski definition) is 1. The average molecular weight is 316 g/mol. The summed E-state index contributed by atoms with van der Waals surface area (Å²) in [6.45, 7) is 11.3. The molecule has 3 aliphatic carbocycles. The predicted octanol–water partition coefficient (Wildman–Crippen LogP) is 5.45. The number of aliphatic carboxylic acids is 1. The number of carboxylic acids is 1. The van der Waals surface area contributed by atoms with E-state index < -0.39 is 11.4 Å². The molecule has 1 saturated carbocycles.